The minimum absolute atomic E-state index is 0.0374. The van der Waals surface area contributed by atoms with E-state index < -0.39 is 11.9 Å². The van der Waals surface area contributed by atoms with Crippen molar-refractivity contribution >= 4 is 11.8 Å². The first-order chi connectivity index (χ1) is 9.06. The summed E-state index contributed by atoms with van der Waals surface area (Å²) in [6.07, 6.45) is -0.757. The Morgan fingerprint density at radius 2 is 2.32 bits per heavy atom. The number of amides is 2. The van der Waals surface area contributed by atoms with Crippen LogP contribution in [0, 0.1) is 5.82 Å². The van der Waals surface area contributed by atoms with Crippen LogP contribution in [0.1, 0.15) is 6.92 Å². The van der Waals surface area contributed by atoms with E-state index in [-0.39, 0.29) is 18.4 Å². The van der Waals surface area contributed by atoms with Crippen molar-refractivity contribution in [2.75, 3.05) is 19.6 Å². The fourth-order valence-corrected chi connectivity index (χ4v) is 1.88. The van der Waals surface area contributed by atoms with Crippen LogP contribution >= 0.6 is 0 Å². The van der Waals surface area contributed by atoms with E-state index in [4.69, 9.17) is 4.74 Å². The zero-order valence-corrected chi connectivity index (χ0v) is 10.6. The van der Waals surface area contributed by atoms with E-state index in [0.29, 0.717) is 18.8 Å². The van der Waals surface area contributed by atoms with Gasteiger partial charge in [0.1, 0.15) is 11.6 Å². The van der Waals surface area contributed by atoms with Crippen LogP contribution in [0.25, 0.3) is 0 Å². The van der Waals surface area contributed by atoms with Crippen molar-refractivity contribution in [3.05, 3.63) is 30.1 Å². The molecule has 0 aliphatic carbocycles. The molecule has 0 unspecified atom stereocenters. The van der Waals surface area contributed by atoms with Gasteiger partial charge in [-0.3, -0.25) is 9.59 Å². The molecule has 1 heterocycles. The molecule has 0 radical (unpaired) electrons. The Bertz CT molecular complexity index is 493. The minimum Gasteiger partial charge on any atom is -0.481 e. The number of benzene rings is 1. The topological polar surface area (TPSA) is 58.6 Å². The lowest BCUT2D eigenvalue weighted by Crippen LogP contribution is -2.53. The SMILES string of the molecule is C[C@@H](Oc1cccc(F)c1)C(=O)N1CCNC(=O)C1. The van der Waals surface area contributed by atoms with E-state index in [1.165, 1.54) is 23.1 Å². The summed E-state index contributed by atoms with van der Waals surface area (Å²) in [7, 11) is 0. The standard InChI is InChI=1S/C13H15FN2O3/c1-9(19-11-4-2-3-10(14)7-11)13(18)16-6-5-15-12(17)8-16/h2-4,7,9H,5-6,8H2,1H3,(H,15,17)/t9-/m1/s1. The van der Waals surface area contributed by atoms with Crippen molar-refractivity contribution in [3.8, 4) is 5.75 Å². The monoisotopic (exact) mass is 266 g/mol. The van der Waals surface area contributed by atoms with Crippen LogP contribution in [0.5, 0.6) is 5.75 Å². The Balaban J connectivity index is 1.97. The lowest BCUT2D eigenvalue weighted by molar-refractivity contribution is -0.143. The van der Waals surface area contributed by atoms with Crippen molar-refractivity contribution in [3.63, 3.8) is 0 Å². The van der Waals surface area contributed by atoms with Gasteiger partial charge in [-0.2, -0.15) is 0 Å². The molecule has 102 valence electrons. The number of hydrogen-bond donors (Lipinski definition) is 1. The van der Waals surface area contributed by atoms with E-state index in [0.717, 1.165) is 0 Å². The highest BCUT2D eigenvalue weighted by Gasteiger charge is 2.26. The molecule has 19 heavy (non-hydrogen) atoms. The fraction of sp³-hybridized carbons (Fsp3) is 0.385. The molecule has 1 saturated heterocycles. The average molecular weight is 266 g/mol. The average Bonchev–Trinajstić information content (AvgIpc) is 2.38. The van der Waals surface area contributed by atoms with Gasteiger partial charge in [-0.15, -0.1) is 0 Å². The Hall–Kier alpha value is -2.11. The number of nitrogens with one attached hydrogen (secondary N) is 1. The molecule has 0 bridgehead atoms. The minimum atomic E-state index is -0.757. The maximum atomic E-state index is 13.0. The van der Waals surface area contributed by atoms with Gasteiger partial charge in [0.25, 0.3) is 5.91 Å². The summed E-state index contributed by atoms with van der Waals surface area (Å²) in [5.41, 5.74) is 0. The predicted molar refractivity (Wildman–Crippen MR) is 66.1 cm³/mol. The Morgan fingerprint density at radius 1 is 1.53 bits per heavy atom. The van der Waals surface area contributed by atoms with Crippen molar-refractivity contribution in [1.82, 2.24) is 10.2 Å². The van der Waals surface area contributed by atoms with Crippen LogP contribution in [0.2, 0.25) is 0 Å². The smallest absolute Gasteiger partial charge is 0.263 e. The van der Waals surface area contributed by atoms with Gasteiger partial charge in [-0.25, -0.2) is 4.39 Å². The number of nitrogens with zero attached hydrogens (tertiary/aromatic N) is 1. The Kier molecular flexibility index (Phi) is 3.99. The Morgan fingerprint density at radius 3 is 3.00 bits per heavy atom. The van der Waals surface area contributed by atoms with Crippen LogP contribution in [0.3, 0.4) is 0 Å². The number of rotatable bonds is 3. The molecule has 1 atom stereocenters. The highest BCUT2D eigenvalue weighted by Crippen LogP contribution is 2.14. The van der Waals surface area contributed by atoms with Crippen LogP contribution in [-0.4, -0.2) is 42.5 Å². The first-order valence-corrected chi connectivity index (χ1v) is 6.04. The summed E-state index contributed by atoms with van der Waals surface area (Å²) < 4.78 is 18.4. The lowest BCUT2D eigenvalue weighted by Gasteiger charge is -2.29. The normalized spacial score (nSPS) is 16.7. The third-order valence-electron chi connectivity index (χ3n) is 2.81. The molecule has 1 aromatic carbocycles. The third kappa shape index (κ3) is 3.43. The molecule has 5 nitrogen and oxygen atoms in total. The van der Waals surface area contributed by atoms with E-state index in [9.17, 15) is 14.0 Å². The molecule has 0 aromatic heterocycles. The molecule has 1 aromatic rings. The first-order valence-electron chi connectivity index (χ1n) is 6.04. The van der Waals surface area contributed by atoms with E-state index in [1.807, 2.05) is 0 Å². The van der Waals surface area contributed by atoms with Gasteiger partial charge in [0.15, 0.2) is 6.10 Å². The number of hydrogen-bond acceptors (Lipinski definition) is 3. The quantitative estimate of drug-likeness (QED) is 0.869. The number of piperazine rings is 1. The van der Waals surface area contributed by atoms with E-state index in [1.54, 1.807) is 13.0 Å². The van der Waals surface area contributed by atoms with Crippen LogP contribution in [0.4, 0.5) is 4.39 Å². The van der Waals surface area contributed by atoms with Crippen molar-refractivity contribution in [2.45, 2.75) is 13.0 Å². The number of ether oxygens (including phenoxy) is 1. The zero-order valence-electron chi connectivity index (χ0n) is 10.6. The molecule has 1 fully saturated rings. The largest absolute Gasteiger partial charge is 0.481 e. The summed E-state index contributed by atoms with van der Waals surface area (Å²) >= 11 is 0. The number of halogens is 1. The van der Waals surface area contributed by atoms with Gasteiger partial charge in [0.2, 0.25) is 5.91 Å². The first kappa shape index (κ1) is 13.3. The van der Waals surface area contributed by atoms with E-state index >= 15 is 0 Å². The molecule has 1 aliphatic rings. The van der Waals surface area contributed by atoms with Gasteiger partial charge in [-0.1, -0.05) is 6.07 Å². The van der Waals surface area contributed by atoms with Crippen LogP contribution < -0.4 is 10.1 Å². The second kappa shape index (κ2) is 5.69. The third-order valence-corrected chi connectivity index (χ3v) is 2.81. The highest BCUT2D eigenvalue weighted by atomic mass is 19.1. The summed E-state index contributed by atoms with van der Waals surface area (Å²) in [6.45, 7) is 2.52. The fourth-order valence-electron chi connectivity index (χ4n) is 1.88. The predicted octanol–water partition coefficient (Wildman–Crippen LogP) is 0.551. The maximum absolute atomic E-state index is 13.0. The van der Waals surface area contributed by atoms with Crippen LogP contribution in [0.15, 0.2) is 24.3 Å². The van der Waals surface area contributed by atoms with Gasteiger partial charge in [0.05, 0.1) is 6.54 Å². The summed E-state index contributed by atoms with van der Waals surface area (Å²) in [5, 5.41) is 2.64. The maximum Gasteiger partial charge on any atom is 0.263 e. The van der Waals surface area contributed by atoms with Gasteiger partial charge >= 0.3 is 0 Å². The van der Waals surface area contributed by atoms with Crippen molar-refractivity contribution in [1.29, 1.82) is 0 Å². The highest BCUT2D eigenvalue weighted by molar-refractivity contribution is 5.88. The summed E-state index contributed by atoms with van der Waals surface area (Å²) in [5.74, 6) is -0.589. The summed E-state index contributed by atoms with van der Waals surface area (Å²) in [4.78, 5) is 24.7. The lowest BCUT2D eigenvalue weighted by atomic mass is 10.2. The molecule has 2 amide bonds. The Labute approximate surface area is 110 Å². The van der Waals surface area contributed by atoms with Crippen molar-refractivity contribution < 1.29 is 18.7 Å². The summed E-state index contributed by atoms with van der Waals surface area (Å²) in [6, 6.07) is 5.60. The molecule has 1 N–H and O–H groups in total. The molecule has 6 heteroatoms. The number of carbonyl (C=O) groups is 2. The molecule has 0 spiro atoms. The molecular weight excluding hydrogens is 251 g/mol. The molecule has 2 rings (SSSR count). The second-order valence-corrected chi connectivity index (χ2v) is 4.33. The second-order valence-electron chi connectivity index (χ2n) is 4.33. The zero-order chi connectivity index (χ0) is 13.8. The van der Waals surface area contributed by atoms with Crippen LogP contribution in [-0.2, 0) is 9.59 Å². The van der Waals surface area contributed by atoms with Gasteiger partial charge < -0.3 is 15.0 Å². The number of carbonyl (C=O) groups excluding carboxylic acids is 2. The van der Waals surface area contributed by atoms with Gasteiger partial charge in [-0.05, 0) is 19.1 Å². The van der Waals surface area contributed by atoms with E-state index in [2.05, 4.69) is 5.32 Å². The van der Waals surface area contributed by atoms with Crippen molar-refractivity contribution in [2.24, 2.45) is 0 Å². The molecule has 1 aliphatic heterocycles. The molecular formula is C13H15FN2O3. The van der Waals surface area contributed by atoms with Gasteiger partial charge in [0, 0.05) is 19.2 Å². The molecule has 0 saturated carbocycles.